The van der Waals surface area contributed by atoms with Crippen LogP contribution in [0.25, 0.3) is 0 Å². The molecular weight excluding hydrogens is 136 g/mol. The van der Waals surface area contributed by atoms with Crippen molar-refractivity contribution in [3.05, 3.63) is 0 Å². The molecule has 64 valence electrons. The lowest BCUT2D eigenvalue weighted by molar-refractivity contribution is -0.176. The Morgan fingerprint density at radius 2 is 2.09 bits per heavy atom. The van der Waals surface area contributed by atoms with Gasteiger partial charge in [0.05, 0.1) is 12.2 Å². The van der Waals surface area contributed by atoms with E-state index in [0.717, 1.165) is 18.4 Å². The average Bonchev–Trinajstić information content (AvgIpc) is 2.27. The Hall–Kier alpha value is -0.0400. The first-order valence-corrected chi connectivity index (χ1v) is 4.88. The molecule has 0 amide bonds. The minimum absolute atomic E-state index is 0.355. The Kier molecular flexibility index (Phi) is 1.71. The van der Waals surface area contributed by atoms with Gasteiger partial charge in [-0.1, -0.05) is 20.3 Å². The molecule has 2 fully saturated rings. The summed E-state index contributed by atoms with van der Waals surface area (Å²) < 4.78 is 5.75. The zero-order chi connectivity index (χ0) is 7.90. The summed E-state index contributed by atoms with van der Waals surface area (Å²) in [5.41, 5.74) is 0.355. The monoisotopic (exact) mass is 154 g/mol. The Bertz CT molecular complexity index is 147. The normalized spacial score (nSPS) is 43.4. The molecule has 0 N–H and O–H groups in total. The van der Waals surface area contributed by atoms with Crippen molar-refractivity contribution in [2.45, 2.75) is 45.1 Å². The second-order valence-corrected chi connectivity index (χ2v) is 4.41. The second-order valence-electron chi connectivity index (χ2n) is 4.41. The van der Waals surface area contributed by atoms with Gasteiger partial charge in [0.15, 0.2) is 0 Å². The number of rotatable bonds is 1. The highest BCUT2D eigenvalue weighted by molar-refractivity contribution is 4.99. The third-order valence-corrected chi connectivity index (χ3v) is 3.51. The summed E-state index contributed by atoms with van der Waals surface area (Å²) in [7, 11) is 0. The summed E-state index contributed by atoms with van der Waals surface area (Å²) in [5.74, 6) is 1.68. The molecule has 0 radical (unpaired) electrons. The Labute approximate surface area is 69.1 Å². The van der Waals surface area contributed by atoms with Crippen LogP contribution in [0.1, 0.15) is 39.5 Å². The largest absolute Gasteiger partial charge is 0.374 e. The SMILES string of the molecule is CC(C)C1CCCC12CCO2. The molecule has 2 rings (SSSR count). The molecule has 1 saturated heterocycles. The molecule has 1 heterocycles. The molecular formula is C10H18O. The van der Waals surface area contributed by atoms with E-state index in [4.69, 9.17) is 4.74 Å². The molecule has 1 aliphatic heterocycles. The van der Waals surface area contributed by atoms with Gasteiger partial charge in [0.2, 0.25) is 0 Å². The van der Waals surface area contributed by atoms with E-state index in [0.29, 0.717) is 5.60 Å². The Morgan fingerprint density at radius 3 is 2.45 bits per heavy atom. The number of hydrogen-bond donors (Lipinski definition) is 0. The highest BCUT2D eigenvalue weighted by Crippen LogP contribution is 2.49. The molecule has 11 heavy (non-hydrogen) atoms. The maximum atomic E-state index is 5.75. The molecule has 1 nitrogen and oxygen atoms in total. The first kappa shape index (κ1) is 7.60. The fourth-order valence-corrected chi connectivity index (χ4v) is 2.86. The highest BCUT2D eigenvalue weighted by atomic mass is 16.5. The first-order valence-electron chi connectivity index (χ1n) is 4.88. The quantitative estimate of drug-likeness (QED) is 0.564. The van der Waals surface area contributed by atoms with E-state index >= 15 is 0 Å². The molecule has 2 aliphatic rings. The van der Waals surface area contributed by atoms with Crippen molar-refractivity contribution in [3.8, 4) is 0 Å². The van der Waals surface area contributed by atoms with E-state index in [2.05, 4.69) is 13.8 Å². The maximum Gasteiger partial charge on any atom is 0.0734 e. The molecule has 1 spiro atoms. The van der Waals surface area contributed by atoms with Crippen LogP contribution in [0.15, 0.2) is 0 Å². The van der Waals surface area contributed by atoms with Crippen molar-refractivity contribution in [1.29, 1.82) is 0 Å². The van der Waals surface area contributed by atoms with E-state index in [-0.39, 0.29) is 0 Å². The van der Waals surface area contributed by atoms with Crippen LogP contribution < -0.4 is 0 Å². The van der Waals surface area contributed by atoms with Gasteiger partial charge in [0, 0.05) is 6.42 Å². The van der Waals surface area contributed by atoms with Crippen molar-refractivity contribution in [2.75, 3.05) is 6.61 Å². The summed E-state index contributed by atoms with van der Waals surface area (Å²) in [5, 5.41) is 0. The average molecular weight is 154 g/mol. The van der Waals surface area contributed by atoms with Crippen molar-refractivity contribution < 1.29 is 4.74 Å². The predicted octanol–water partition coefficient (Wildman–Crippen LogP) is 2.60. The number of hydrogen-bond acceptors (Lipinski definition) is 1. The molecule has 2 unspecified atom stereocenters. The standard InChI is InChI=1S/C10H18O/c1-8(2)9-4-3-5-10(9)6-7-11-10/h8-9H,3-7H2,1-2H3. The first-order chi connectivity index (χ1) is 5.25. The van der Waals surface area contributed by atoms with Crippen LogP contribution in [0.4, 0.5) is 0 Å². The van der Waals surface area contributed by atoms with Gasteiger partial charge in [0.1, 0.15) is 0 Å². The molecule has 0 bridgehead atoms. The smallest absolute Gasteiger partial charge is 0.0734 e. The van der Waals surface area contributed by atoms with Crippen LogP contribution in [-0.2, 0) is 4.74 Å². The zero-order valence-electron chi connectivity index (χ0n) is 7.60. The summed E-state index contributed by atoms with van der Waals surface area (Å²) in [6.45, 7) is 5.68. The van der Waals surface area contributed by atoms with Crippen LogP contribution in [0.3, 0.4) is 0 Å². The second kappa shape index (κ2) is 2.48. The van der Waals surface area contributed by atoms with E-state index in [1.807, 2.05) is 0 Å². The molecule has 0 aromatic heterocycles. The summed E-state index contributed by atoms with van der Waals surface area (Å²) in [6, 6.07) is 0. The van der Waals surface area contributed by atoms with Crippen molar-refractivity contribution in [3.63, 3.8) is 0 Å². The van der Waals surface area contributed by atoms with Gasteiger partial charge in [-0.2, -0.15) is 0 Å². The number of ether oxygens (including phenoxy) is 1. The van der Waals surface area contributed by atoms with Crippen LogP contribution in [-0.4, -0.2) is 12.2 Å². The molecule has 2 atom stereocenters. The topological polar surface area (TPSA) is 9.23 Å². The van der Waals surface area contributed by atoms with Crippen molar-refractivity contribution in [2.24, 2.45) is 11.8 Å². The van der Waals surface area contributed by atoms with Crippen molar-refractivity contribution in [1.82, 2.24) is 0 Å². The van der Waals surface area contributed by atoms with Gasteiger partial charge in [-0.15, -0.1) is 0 Å². The van der Waals surface area contributed by atoms with Gasteiger partial charge >= 0.3 is 0 Å². The maximum absolute atomic E-state index is 5.75. The van der Waals surface area contributed by atoms with Crippen molar-refractivity contribution >= 4 is 0 Å². The van der Waals surface area contributed by atoms with Gasteiger partial charge in [-0.25, -0.2) is 0 Å². The molecule has 0 aromatic rings. The van der Waals surface area contributed by atoms with Gasteiger partial charge in [-0.3, -0.25) is 0 Å². The Morgan fingerprint density at radius 1 is 1.36 bits per heavy atom. The third kappa shape index (κ3) is 1.01. The lowest BCUT2D eigenvalue weighted by atomic mass is 9.77. The van der Waals surface area contributed by atoms with E-state index in [1.54, 1.807) is 0 Å². The highest BCUT2D eigenvalue weighted by Gasteiger charge is 2.49. The lowest BCUT2D eigenvalue weighted by Gasteiger charge is -2.45. The fourth-order valence-electron chi connectivity index (χ4n) is 2.86. The van der Waals surface area contributed by atoms with Crippen LogP contribution >= 0.6 is 0 Å². The van der Waals surface area contributed by atoms with E-state index in [9.17, 15) is 0 Å². The predicted molar refractivity (Wildman–Crippen MR) is 45.5 cm³/mol. The molecule has 1 saturated carbocycles. The Balaban J connectivity index is 2.07. The summed E-state index contributed by atoms with van der Waals surface area (Å²) in [6.07, 6.45) is 5.45. The third-order valence-electron chi connectivity index (χ3n) is 3.51. The van der Waals surface area contributed by atoms with E-state index in [1.165, 1.54) is 25.7 Å². The summed E-state index contributed by atoms with van der Waals surface area (Å²) in [4.78, 5) is 0. The van der Waals surface area contributed by atoms with Crippen LogP contribution in [0.5, 0.6) is 0 Å². The zero-order valence-corrected chi connectivity index (χ0v) is 7.60. The van der Waals surface area contributed by atoms with Crippen LogP contribution in [0, 0.1) is 11.8 Å². The molecule has 1 heteroatoms. The van der Waals surface area contributed by atoms with Gasteiger partial charge in [0.25, 0.3) is 0 Å². The minimum atomic E-state index is 0.355. The molecule has 1 aliphatic carbocycles. The fraction of sp³-hybridized carbons (Fsp3) is 1.00. The van der Waals surface area contributed by atoms with Gasteiger partial charge in [-0.05, 0) is 24.7 Å². The van der Waals surface area contributed by atoms with E-state index < -0.39 is 0 Å². The van der Waals surface area contributed by atoms with Gasteiger partial charge < -0.3 is 4.74 Å². The lowest BCUT2D eigenvalue weighted by Crippen LogP contribution is -2.48. The summed E-state index contributed by atoms with van der Waals surface area (Å²) >= 11 is 0. The molecule has 0 aromatic carbocycles. The minimum Gasteiger partial charge on any atom is -0.374 e. The van der Waals surface area contributed by atoms with Crippen LogP contribution in [0.2, 0.25) is 0 Å².